The molecule has 1 unspecified atom stereocenters. The lowest BCUT2D eigenvalue weighted by atomic mass is 10.2. The number of aryl methyl sites for hydroxylation is 2. The first kappa shape index (κ1) is 22.9. The van der Waals surface area contributed by atoms with Gasteiger partial charge in [0.1, 0.15) is 24.2 Å². The van der Waals surface area contributed by atoms with Gasteiger partial charge in [-0.15, -0.1) is 40.8 Å². The number of aliphatic imine (C=N–C) groups is 1. The Bertz CT molecular complexity index is 758. The Morgan fingerprint density at radius 3 is 2.67 bits per heavy atom. The first-order valence-corrected chi connectivity index (χ1v) is 8.71. The van der Waals surface area contributed by atoms with E-state index in [4.69, 9.17) is 4.74 Å². The Morgan fingerprint density at radius 2 is 2.04 bits per heavy atom. The first-order valence-electron chi connectivity index (χ1n) is 8.71. The molecular formula is C19H29IN6O. The standard InChI is InChI=1S/C19H28N6O.HI/c1-6-11-20-19(22-13-18-24-23-16(4)25(18)5)21-12-15(3)26-17-10-8-7-9-14(17)2;/h6-10,15H,1,11-13H2,2-5H3,(H2,20,21,22);1H. The third-order valence-corrected chi connectivity index (χ3v) is 3.95. The van der Waals surface area contributed by atoms with Gasteiger partial charge in [-0.3, -0.25) is 0 Å². The summed E-state index contributed by atoms with van der Waals surface area (Å²) in [5.41, 5.74) is 1.12. The summed E-state index contributed by atoms with van der Waals surface area (Å²) in [6, 6.07) is 8.00. The zero-order chi connectivity index (χ0) is 18.9. The number of halogens is 1. The third kappa shape index (κ3) is 7.20. The molecule has 7 nitrogen and oxygen atoms in total. The van der Waals surface area contributed by atoms with E-state index < -0.39 is 0 Å². The second-order valence-corrected chi connectivity index (χ2v) is 6.13. The molecule has 1 atom stereocenters. The molecule has 1 heterocycles. The van der Waals surface area contributed by atoms with Crippen molar-refractivity contribution in [3.05, 3.63) is 54.1 Å². The number of guanidine groups is 1. The van der Waals surface area contributed by atoms with Crippen LogP contribution in [0.3, 0.4) is 0 Å². The van der Waals surface area contributed by atoms with E-state index in [1.807, 2.05) is 56.7 Å². The quantitative estimate of drug-likeness (QED) is 0.261. The Kier molecular flexibility index (Phi) is 9.84. The van der Waals surface area contributed by atoms with E-state index >= 15 is 0 Å². The number of nitrogens with zero attached hydrogens (tertiary/aromatic N) is 4. The Balaban J connectivity index is 0.00000364. The molecule has 0 saturated heterocycles. The zero-order valence-electron chi connectivity index (χ0n) is 16.4. The largest absolute Gasteiger partial charge is 0.489 e. The van der Waals surface area contributed by atoms with E-state index in [0.717, 1.165) is 23.0 Å². The number of para-hydroxylation sites is 1. The van der Waals surface area contributed by atoms with Crippen molar-refractivity contribution in [3.8, 4) is 5.75 Å². The SMILES string of the molecule is C=CCNC(=NCc1nnc(C)n1C)NCC(C)Oc1ccccc1C.I. The number of ether oxygens (including phenoxy) is 1. The smallest absolute Gasteiger partial charge is 0.192 e. The van der Waals surface area contributed by atoms with Gasteiger partial charge in [0.05, 0.1) is 6.54 Å². The molecule has 0 bridgehead atoms. The van der Waals surface area contributed by atoms with E-state index in [0.29, 0.717) is 25.6 Å². The van der Waals surface area contributed by atoms with Crippen LogP contribution in [0.15, 0.2) is 41.9 Å². The number of rotatable bonds is 8. The fourth-order valence-corrected chi connectivity index (χ4v) is 2.27. The monoisotopic (exact) mass is 484 g/mol. The van der Waals surface area contributed by atoms with Gasteiger partial charge in [-0.1, -0.05) is 24.3 Å². The number of aromatic nitrogens is 3. The van der Waals surface area contributed by atoms with Crippen LogP contribution in [-0.4, -0.2) is 39.9 Å². The lowest BCUT2D eigenvalue weighted by Gasteiger charge is -2.18. The summed E-state index contributed by atoms with van der Waals surface area (Å²) in [5.74, 6) is 3.26. The summed E-state index contributed by atoms with van der Waals surface area (Å²) in [4.78, 5) is 4.57. The number of nitrogens with one attached hydrogen (secondary N) is 2. The molecule has 148 valence electrons. The molecule has 0 spiro atoms. The van der Waals surface area contributed by atoms with Gasteiger partial charge in [0.15, 0.2) is 11.8 Å². The van der Waals surface area contributed by atoms with Gasteiger partial charge in [-0.05, 0) is 32.4 Å². The van der Waals surface area contributed by atoms with Crippen LogP contribution >= 0.6 is 24.0 Å². The maximum atomic E-state index is 5.99. The van der Waals surface area contributed by atoms with Crippen LogP contribution in [0, 0.1) is 13.8 Å². The summed E-state index contributed by atoms with van der Waals surface area (Å²) in [7, 11) is 1.93. The first-order chi connectivity index (χ1) is 12.5. The molecule has 0 amide bonds. The van der Waals surface area contributed by atoms with Crippen molar-refractivity contribution < 1.29 is 4.74 Å². The highest BCUT2D eigenvalue weighted by molar-refractivity contribution is 14.0. The second-order valence-electron chi connectivity index (χ2n) is 6.13. The average Bonchev–Trinajstić information content (AvgIpc) is 2.95. The molecule has 1 aromatic carbocycles. The van der Waals surface area contributed by atoms with Crippen LogP contribution in [0.25, 0.3) is 0 Å². The van der Waals surface area contributed by atoms with Crippen molar-refractivity contribution in [3.63, 3.8) is 0 Å². The van der Waals surface area contributed by atoms with Crippen molar-refractivity contribution in [1.29, 1.82) is 0 Å². The molecule has 0 aliphatic carbocycles. The van der Waals surface area contributed by atoms with Gasteiger partial charge in [-0.25, -0.2) is 4.99 Å². The van der Waals surface area contributed by atoms with Gasteiger partial charge in [0.25, 0.3) is 0 Å². The Morgan fingerprint density at radius 1 is 1.30 bits per heavy atom. The van der Waals surface area contributed by atoms with Gasteiger partial charge < -0.3 is 19.9 Å². The fraction of sp³-hybridized carbons (Fsp3) is 0.421. The molecular weight excluding hydrogens is 455 g/mol. The number of hydrogen-bond acceptors (Lipinski definition) is 4. The molecule has 2 N–H and O–H groups in total. The minimum atomic E-state index is -0.0103. The highest BCUT2D eigenvalue weighted by atomic mass is 127. The molecule has 2 aromatic rings. The molecule has 8 heteroatoms. The molecule has 0 aliphatic rings. The van der Waals surface area contributed by atoms with Crippen molar-refractivity contribution in [1.82, 2.24) is 25.4 Å². The lowest BCUT2D eigenvalue weighted by molar-refractivity contribution is 0.222. The fourth-order valence-electron chi connectivity index (χ4n) is 2.27. The van der Waals surface area contributed by atoms with Crippen LogP contribution in [0.4, 0.5) is 0 Å². The van der Waals surface area contributed by atoms with Crippen LogP contribution in [0.5, 0.6) is 5.75 Å². The summed E-state index contributed by atoms with van der Waals surface area (Å²) < 4.78 is 7.92. The molecule has 1 aromatic heterocycles. The van der Waals surface area contributed by atoms with E-state index in [9.17, 15) is 0 Å². The lowest BCUT2D eigenvalue weighted by Crippen LogP contribution is -2.42. The normalized spacial score (nSPS) is 12.1. The molecule has 0 fully saturated rings. The van der Waals surface area contributed by atoms with E-state index in [2.05, 4.69) is 32.4 Å². The van der Waals surface area contributed by atoms with Crippen molar-refractivity contribution in [2.75, 3.05) is 13.1 Å². The number of hydrogen-bond donors (Lipinski definition) is 2. The van der Waals surface area contributed by atoms with Crippen molar-refractivity contribution in [2.45, 2.75) is 33.4 Å². The molecule has 2 rings (SSSR count). The summed E-state index contributed by atoms with van der Waals surface area (Å²) in [5, 5.41) is 14.7. The summed E-state index contributed by atoms with van der Waals surface area (Å²) >= 11 is 0. The van der Waals surface area contributed by atoms with Crippen LogP contribution in [0.1, 0.15) is 24.1 Å². The Hall–Kier alpha value is -2.10. The molecule has 0 aliphatic heterocycles. The van der Waals surface area contributed by atoms with E-state index in [1.54, 1.807) is 6.08 Å². The summed E-state index contributed by atoms with van der Waals surface area (Å²) in [6.45, 7) is 11.4. The van der Waals surface area contributed by atoms with E-state index in [1.165, 1.54) is 0 Å². The number of benzene rings is 1. The predicted molar refractivity (Wildman–Crippen MR) is 120 cm³/mol. The van der Waals surface area contributed by atoms with E-state index in [-0.39, 0.29) is 30.1 Å². The third-order valence-electron chi connectivity index (χ3n) is 3.95. The van der Waals surface area contributed by atoms with Crippen LogP contribution in [0.2, 0.25) is 0 Å². The molecule has 27 heavy (non-hydrogen) atoms. The minimum Gasteiger partial charge on any atom is -0.489 e. The highest BCUT2D eigenvalue weighted by Crippen LogP contribution is 2.17. The molecule has 0 radical (unpaired) electrons. The van der Waals surface area contributed by atoms with Gasteiger partial charge in [0.2, 0.25) is 0 Å². The van der Waals surface area contributed by atoms with Crippen LogP contribution in [-0.2, 0) is 13.6 Å². The predicted octanol–water partition coefficient (Wildman–Crippen LogP) is 2.74. The maximum absolute atomic E-state index is 5.99. The van der Waals surface area contributed by atoms with Gasteiger partial charge in [-0.2, -0.15) is 0 Å². The topological polar surface area (TPSA) is 76.4 Å². The zero-order valence-corrected chi connectivity index (χ0v) is 18.7. The second kappa shape index (κ2) is 11.6. The minimum absolute atomic E-state index is 0. The van der Waals surface area contributed by atoms with Gasteiger partial charge in [0, 0.05) is 13.6 Å². The van der Waals surface area contributed by atoms with Crippen molar-refractivity contribution >= 4 is 29.9 Å². The average molecular weight is 484 g/mol. The Labute approximate surface area is 178 Å². The van der Waals surface area contributed by atoms with Gasteiger partial charge >= 0.3 is 0 Å². The van der Waals surface area contributed by atoms with Crippen LogP contribution < -0.4 is 15.4 Å². The summed E-state index contributed by atoms with van der Waals surface area (Å²) in [6.07, 6.45) is 1.78. The molecule has 0 saturated carbocycles. The highest BCUT2D eigenvalue weighted by Gasteiger charge is 2.08. The maximum Gasteiger partial charge on any atom is 0.192 e. The van der Waals surface area contributed by atoms with Crippen molar-refractivity contribution in [2.24, 2.45) is 12.0 Å².